The molecule has 1 amide bonds. The summed E-state index contributed by atoms with van der Waals surface area (Å²) in [6, 6.07) is 20.1. The number of amides is 1. The van der Waals surface area contributed by atoms with Gasteiger partial charge in [0.2, 0.25) is 0 Å². The van der Waals surface area contributed by atoms with Gasteiger partial charge in [0.25, 0.3) is 0 Å². The second-order valence-electron chi connectivity index (χ2n) is 9.82. The molecule has 0 spiro atoms. The molecule has 1 fully saturated rings. The molecule has 0 aliphatic carbocycles. The third kappa shape index (κ3) is 6.55. The number of hydrogen-bond donors (Lipinski definition) is 0. The molecule has 186 valence electrons. The van der Waals surface area contributed by atoms with Crippen LogP contribution in [0.2, 0.25) is 0 Å². The van der Waals surface area contributed by atoms with Crippen molar-refractivity contribution in [2.45, 2.75) is 89.4 Å². The number of nitrogens with zero attached hydrogens (tertiary/aromatic N) is 1. The van der Waals surface area contributed by atoms with E-state index in [1.54, 1.807) is 4.90 Å². The first-order valence-corrected chi connectivity index (χ1v) is 13.1. The van der Waals surface area contributed by atoms with Crippen molar-refractivity contribution in [3.05, 3.63) is 66.2 Å². The zero-order valence-corrected chi connectivity index (χ0v) is 22.2. The van der Waals surface area contributed by atoms with Gasteiger partial charge in [0, 0.05) is 28.5 Å². The van der Waals surface area contributed by atoms with Crippen molar-refractivity contribution in [2.75, 3.05) is 0 Å². The standard InChI is InChI=1S/C28H39NO4S/c1-18(2)24-21(7)25(32-26(31-24)22-14-10-8-11-15-22)27(34-23-16-12-9-13-17-23)33-28(30)29(19(3)4)20(5)6/h8-21,24-27H,1-7H3/t21-,24-,25-,26-,27?/m0/s1. The van der Waals surface area contributed by atoms with Gasteiger partial charge in [-0.15, -0.1) is 0 Å². The quantitative estimate of drug-likeness (QED) is 0.294. The van der Waals surface area contributed by atoms with Gasteiger partial charge in [-0.2, -0.15) is 0 Å². The lowest BCUT2D eigenvalue weighted by Crippen LogP contribution is -2.51. The number of hydrogen-bond acceptors (Lipinski definition) is 5. The minimum atomic E-state index is -0.527. The van der Waals surface area contributed by atoms with Gasteiger partial charge in [-0.1, -0.05) is 81.1 Å². The molecule has 2 aromatic rings. The Morgan fingerprint density at radius 3 is 1.91 bits per heavy atom. The molecule has 5 nitrogen and oxygen atoms in total. The van der Waals surface area contributed by atoms with Crippen molar-refractivity contribution in [1.82, 2.24) is 4.90 Å². The Labute approximate surface area is 209 Å². The van der Waals surface area contributed by atoms with Crippen LogP contribution < -0.4 is 0 Å². The predicted molar refractivity (Wildman–Crippen MR) is 138 cm³/mol. The zero-order chi connectivity index (χ0) is 24.8. The number of benzene rings is 2. The zero-order valence-electron chi connectivity index (χ0n) is 21.4. The van der Waals surface area contributed by atoms with Gasteiger partial charge >= 0.3 is 6.09 Å². The summed E-state index contributed by atoms with van der Waals surface area (Å²) >= 11 is 1.53. The second-order valence-corrected chi connectivity index (χ2v) is 11.0. The van der Waals surface area contributed by atoms with Gasteiger partial charge in [-0.05, 0) is 45.7 Å². The average Bonchev–Trinajstić information content (AvgIpc) is 2.79. The lowest BCUT2D eigenvalue weighted by atomic mass is 9.89. The van der Waals surface area contributed by atoms with E-state index < -0.39 is 11.7 Å². The molecular weight excluding hydrogens is 446 g/mol. The van der Waals surface area contributed by atoms with Crippen molar-refractivity contribution < 1.29 is 19.0 Å². The number of carbonyl (C=O) groups is 1. The molecular formula is C28H39NO4S. The van der Waals surface area contributed by atoms with Crippen LogP contribution in [0.1, 0.15) is 60.3 Å². The van der Waals surface area contributed by atoms with Crippen LogP contribution in [0.3, 0.4) is 0 Å². The maximum atomic E-state index is 13.3. The van der Waals surface area contributed by atoms with Crippen LogP contribution in [-0.4, -0.2) is 40.7 Å². The van der Waals surface area contributed by atoms with Crippen molar-refractivity contribution in [1.29, 1.82) is 0 Å². The van der Waals surface area contributed by atoms with Gasteiger partial charge in [0.15, 0.2) is 11.7 Å². The van der Waals surface area contributed by atoms with E-state index in [0.717, 1.165) is 10.5 Å². The SMILES string of the molecule is CC(C)[C@@H]1O[C@H](c2ccccc2)O[C@H](C(OC(=O)N(C(C)C)C(C)C)Sc2ccccc2)[C@H]1C. The number of rotatable bonds is 8. The predicted octanol–water partition coefficient (Wildman–Crippen LogP) is 7.14. The molecule has 0 bridgehead atoms. The van der Waals surface area contributed by atoms with Gasteiger partial charge < -0.3 is 19.1 Å². The minimum absolute atomic E-state index is 0.0283. The lowest BCUT2D eigenvalue weighted by molar-refractivity contribution is -0.288. The van der Waals surface area contributed by atoms with E-state index in [2.05, 4.69) is 20.8 Å². The highest BCUT2D eigenvalue weighted by molar-refractivity contribution is 7.99. The molecule has 0 N–H and O–H groups in total. The normalized spacial score (nSPS) is 23.8. The van der Waals surface area contributed by atoms with Crippen LogP contribution in [0.4, 0.5) is 4.79 Å². The summed E-state index contributed by atoms with van der Waals surface area (Å²) in [4.78, 5) is 16.1. The summed E-state index contributed by atoms with van der Waals surface area (Å²) in [5, 5.41) is 0. The molecule has 0 saturated carbocycles. The second kappa shape index (κ2) is 12.1. The maximum Gasteiger partial charge on any atom is 0.411 e. The maximum absolute atomic E-state index is 13.3. The fourth-order valence-electron chi connectivity index (χ4n) is 4.57. The first-order chi connectivity index (χ1) is 16.2. The largest absolute Gasteiger partial charge is 0.432 e. The first-order valence-electron chi connectivity index (χ1n) is 12.3. The topological polar surface area (TPSA) is 48.0 Å². The fourth-order valence-corrected chi connectivity index (χ4v) is 5.72. The Kier molecular flexibility index (Phi) is 9.46. The van der Waals surface area contributed by atoms with E-state index in [9.17, 15) is 4.79 Å². The molecule has 1 unspecified atom stereocenters. The molecule has 6 heteroatoms. The molecule has 34 heavy (non-hydrogen) atoms. The molecule has 0 radical (unpaired) electrons. The average molecular weight is 486 g/mol. The third-order valence-electron chi connectivity index (χ3n) is 6.13. The van der Waals surface area contributed by atoms with E-state index >= 15 is 0 Å². The summed E-state index contributed by atoms with van der Waals surface area (Å²) < 4.78 is 19.2. The van der Waals surface area contributed by atoms with Gasteiger partial charge in [0.1, 0.15) is 6.10 Å². The summed E-state index contributed by atoms with van der Waals surface area (Å²) in [5.74, 6) is 0.314. The minimum Gasteiger partial charge on any atom is -0.432 e. The highest BCUT2D eigenvalue weighted by Crippen LogP contribution is 2.42. The van der Waals surface area contributed by atoms with Crippen LogP contribution in [0.5, 0.6) is 0 Å². The van der Waals surface area contributed by atoms with Gasteiger partial charge in [0.05, 0.1) is 6.10 Å². The summed E-state index contributed by atoms with van der Waals surface area (Å²) in [6.45, 7) is 14.5. The van der Waals surface area contributed by atoms with E-state index in [-0.39, 0.29) is 42.2 Å². The van der Waals surface area contributed by atoms with Gasteiger partial charge in [-0.3, -0.25) is 0 Å². The van der Waals surface area contributed by atoms with Crippen LogP contribution in [0.25, 0.3) is 0 Å². The van der Waals surface area contributed by atoms with Crippen LogP contribution >= 0.6 is 11.8 Å². The third-order valence-corrected chi connectivity index (χ3v) is 7.27. The highest BCUT2D eigenvalue weighted by Gasteiger charge is 2.45. The monoisotopic (exact) mass is 485 g/mol. The van der Waals surface area contributed by atoms with E-state index in [4.69, 9.17) is 14.2 Å². The smallest absolute Gasteiger partial charge is 0.411 e. The molecule has 2 aromatic carbocycles. The molecule has 3 rings (SSSR count). The van der Waals surface area contributed by atoms with Crippen molar-refractivity contribution in [3.8, 4) is 0 Å². The Balaban J connectivity index is 1.94. The lowest BCUT2D eigenvalue weighted by Gasteiger charge is -2.45. The molecule has 5 atom stereocenters. The number of carbonyl (C=O) groups excluding carboxylic acids is 1. The van der Waals surface area contributed by atoms with Crippen LogP contribution in [0.15, 0.2) is 65.6 Å². The summed E-state index contributed by atoms with van der Waals surface area (Å²) in [6.07, 6.45) is -1.22. The molecule has 1 heterocycles. The van der Waals surface area contributed by atoms with Crippen molar-refractivity contribution in [3.63, 3.8) is 0 Å². The van der Waals surface area contributed by atoms with Crippen molar-refractivity contribution in [2.24, 2.45) is 11.8 Å². The van der Waals surface area contributed by atoms with Crippen molar-refractivity contribution >= 4 is 17.9 Å². The summed E-state index contributed by atoms with van der Waals surface area (Å²) in [5.41, 5.74) is 0.437. The van der Waals surface area contributed by atoms with E-state index in [1.165, 1.54) is 11.8 Å². The Hall–Kier alpha value is -2.02. The van der Waals surface area contributed by atoms with Crippen LogP contribution in [0, 0.1) is 11.8 Å². The highest BCUT2D eigenvalue weighted by atomic mass is 32.2. The Morgan fingerprint density at radius 2 is 1.38 bits per heavy atom. The van der Waals surface area contributed by atoms with E-state index in [1.807, 2.05) is 88.4 Å². The first kappa shape index (κ1) is 26.6. The van der Waals surface area contributed by atoms with E-state index in [0.29, 0.717) is 0 Å². The Bertz CT molecular complexity index is 882. The molecule has 1 saturated heterocycles. The molecule has 0 aromatic heterocycles. The fraction of sp³-hybridized carbons (Fsp3) is 0.536. The molecule has 1 aliphatic rings. The summed E-state index contributed by atoms with van der Waals surface area (Å²) in [7, 11) is 0. The Morgan fingerprint density at radius 1 is 0.853 bits per heavy atom. The number of ether oxygens (including phenoxy) is 3. The molecule has 1 aliphatic heterocycles. The van der Waals surface area contributed by atoms with Gasteiger partial charge in [-0.25, -0.2) is 4.79 Å². The van der Waals surface area contributed by atoms with Crippen LogP contribution in [-0.2, 0) is 14.2 Å². The number of thioether (sulfide) groups is 1.